The smallest absolute Gasteiger partial charge is 0.306 e. The number of carbonyl (C=O) groups excluding carboxylic acids is 2. The maximum Gasteiger partial charge on any atom is 0.306 e. The van der Waals surface area contributed by atoms with Gasteiger partial charge in [0.15, 0.2) is 6.10 Å². The highest BCUT2D eigenvalue weighted by molar-refractivity contribution is 7.45. The molecule has 0 aliphatic heterocycles. The molecule has 0 spiro atoms. The highest BCUT2D eigenvalue weighted by Gasteiger charge is 2.22. The van der Waals surface area contributed by atoms with E-state index in [-0.39, 0.29) is 32.0 Å². The summed E-state index contributed by atoms with van der Waals surface area (Å²) in [6.07, 6.45) is 89.0. The summed E-state index contributed by atoms with van der Waals surface area (Å²) in [7, 11) is 1.18. The van der Waals surface area contributed by atoms with Crippen molar-refractivity contribution in [3.05, 3.63) is 60.8 Å². The van der Waals surface area contributed by atoms with Crippen LogP contribution >= 0.6 is 7.82 Å². The van der Waals surface area contributed by atoms with Gasteiger partial charge in [-0.25, -0.2) is 0 Å². The van der Waals surface area contributed by atoms with E-state index in [2.05, 4.69) is 74.6 Å². The molecule has 0 saturated carbocycles. The Morgan fingerprint density at radius 1 is 0.372 bits per heavy atom. The van der Waals surface area contributed by atoms with E-state index in [9.17, 15) is 19.0 Å². The summed E-state index contributed by atoms with van der Waals surface area (Å²) in [6, 6.07) is 0. The van der Waals surface area contributed by atoms with Gasteiger partial charge in [-0.2, -0.15) is 0 Å². The van der Waals surface area contributed by atoms with E-state index >= 15 is 0 Å². The second kappa shape index (κ2) is 67.1. The zero-order chi connectivity index (χ0) is 62.6. The van der Waals surface area contributed by atoms with Gasteiger partial charge in [-0.3, -0.25) is 14.2 Å². The van der Waals surface area contributed by atoms with Crippen molar-refractivity contribution in [1.82, 2.24) is 0 Å². The minimum absolute atomic E-state index is 0.0301. The lowest BCUT2D eigenvalue weighted by atomic mass is 10.0. The van der Waals surface area contributed by atoms with Crippen LogP contribution in [0.5, 0.6) is 0 Å². The van der Waals surface area contributed by atoms with Crippen LogP contribution in [0, 0.1) is 0 Å². The van der Waals surface area contributed by atoms with Crippen LogP contribution in [0.25, 0.3) is 0 Å². The van der Waals surface area contributed by atoms with Crippen molar-refractivity contribution in [3.8, 4) is 0 Å². The van der Waals surface area contributed by atoms with E-state index in [0.29, 0.717) is 17.4 Å². The number of unbranched alkanes of at least 4 members (excludes halogenated alkanes) is 45. The first-order valence-electron chi connectivity index (χ1n) is 37.0. The standard InChI is InChI=1S/C76H142NO8P/c1-6-8-10-12-14-16-18-20-22-24-26-28-30-32-34-35-36-37-38-39-40-41-43-44-46-48-50-52-54-56-58-60-62-64-66-68-75(78)82-72-74(73-84-86(80,81)83-71-70-77(3,4)5)85-76(79)69-67-65-63-61-59-57-55-53-51-49-47-45-42-33-31-29-27-25-23-21-19-17-15-13-11-9-7-2/h9,11,15,17,21,23-24,26-27,29,74H,6-8,10,12-14,16,18-20,22,25,28,30-73H2,1-5H3/b11-9-,17-15-,23-21-,26-24-,29-27-. The van der Waals surface area contributed by atoms with E-state index in [0.717, 1.165) is 64.2 Å². The second-order valence-corrected chi connectivity index (χ2v) is 27.7. The number of esters is 2. The third-order valence-corrected chi connectivity index (χ3v) is 17.5. The molecule has 0 aromatic heterocycles. The number of ether oxygens (including phenoxy) is 2. The van der Waals surface area contributed by atoms with E-state index in [1.807, 2.05) is 21.1 Å². The van der Waals surface area contributed by atoms with Crippen molar-refractivity contribution in [2.45, 2.75) is 367 Å². The van der Waals surface area contributed by atoms with E-state index in [1.54, 1.807) is 0 Å². The van der Waals surface area contributed by atoms with Gasteiger partial charge in [0.1, 0.15) is 19.8 Å². The van der Waals surface area contributed by atoms with E-state index < -0.39 is 26.5 Å². The van der Waals surface area contributed by atoms with Gasteiger partial charge >= 0.3 is 11.9 Å². The number of quaternary nitrogens is 1. The quantitative estimate of drug-likeness (QED) is 0.0195. The number of phosphoric acid groups is 1. The van der Waals surface area contributed by atoms with Gasteiger partial charge in [-0.15, -0.1) is 0 Å². The molecule has 0 aliphatic rings. The molecule has 0 aromatic carbocycles. The Bertz CT molecular complexity index is 1630. The van der Waals surface area contributed by atoms with Gasteiger partial charge in [0, 0.05) is 12.8 Å². The van der Waals surface area contributed by atoms with Crippen LogP contribution < -0.4 is 4.89 Å². The first kappa shape index (κ1) is 83.7. The number of hydrogen-bond donors (Lipinski definition) is 0. The topological polar surface area (TPSA) is 111 Å². The van der Waals surface area contributed by atoms with Crippen molar-refractivity contribution in [2.24, 2.45) is 0 Å². The SMILES string of the molecule is CC/C=C\C/C=C\C/C=C\C/C=C\CCCCCCCCCCCCCCCCC(=O)OC(COC(=O)CCCCCCCCCCCCCCCCCCCCCCCCC/C=C\CCCCCCCCCC)COP(=O)([O-])OCC[N+](C)(C)C. The van der Waals surface area contributed by atoms with Crippen LogP contribution in [-0.4, -0.2) is 70.0 Å². The predicted octanol–water partition coefficient (Wildman–Crippen LogP) is 23.5. The monoisotopic (exact) mass is 1230 g/mol. The zero-order valence-electron chi connectivity index (χ0n) is 57.5. The number of carbonyl (C=O) groups is 2. The fourth-order valence-electron chi connectivity index (χ4n) is 10.9. The molecule has 10 heteroatoms. The van der Waals surface area contributed by atoms with Crippen LogP contribution in [0.1, 0.15) is 361 Å². The molecule has 0 aromatic rings. The normalized spacial score (nSPS) is 13.4. The lowest BCUT2D eigenvalue weighted by Gasteiger charge is -2.28. The summed E-state index contributed by atoms with van der Waals surface area (Å²) in [5, 5.41) is 0. The van der Waals surface area contributed by atoms with Crippen LogP contribution in [0.4, 0.5) is 0 Å². The van der Waals surface area contributed by atoms with Gasteiger partial charge in [-0.05, 0) is 77.0 Å². The summed E-state index contributed by atoms with van der Waals surface area (Å²) < 4.78 is 34.4. The first-order valence-corrected chi connectivity index (χ1v) is 38.5. The van der Waals surface area contributed by atoms with Crippen molar-refractivity contribution in [2.75, 3.05) is 47.5 Å². The highest BCUT2D eigenvalue weighted by Crippen LogP contribution is 2.38. The van der Waals surface area contributed by atoms with Gasteiger partial charge in [-0.1, -0.05) is 331 Å². The number of hydrogen-bond acceptors (Lipinski definition) is 8. The Hall–Kier alpha value is -2.29. The molecular weight excluding hydrogens is 1090 g/mol. The summed E-state index contributed by atoms with van der Waals surface area (Å²) in [5.41, 5.74) is 0. The molecule has 0 N–H and O–H groups in total. The van der Waals surface area contributed by atoms with Crippen LogP contribution in [0.2, 0.25) is 0 Å². The molecule has 0 saturated heterocycles. The van der Waals surface area contributed by atoms with E-state index in [4.69, 9.17) is 18.5 Å². The van der Waals surface area contributed by atoms with Gasteiger partial charge in [0.25, 0.3) is 7.82 Å². The molecule has 86 heavy (non-hydrogen) atoms. The molecule has 0 radical (unpaired) electrons. The summed E-state index contributed by atoms with van der Waals surface area (Å²) in [5.74, 6) is -0.817. The van der Waals surface area contributed by atoms with Crippen LogP contribution in [0.3, 0.4) is 0 Å². The largest absolute Gasteiger partial charge is 0.756 e. The maximum absolute atomic E-state index is 12.9. The van der Waals surface area contributed by atoms with Gasteiger partial charge < -0.3 is 27.9 Å². The predicted molar refractivity (Wildman–Crippen MR) is 370 cm³/mol. The average Bonchev–Trinajstić information content (AvgIpc) is 3.53. The number of nitrogens with zero attached hydrogens (tertiary/aromatic N) is 1. The maximum atomic E-state index is 12.9. The molecule has 0 rings (SSSR count). The van der Waals surface area contributed by atoms with E-state index in [1.165, 1.54) is 263 Å². The molecule has 0 aliphatic carbocycles. The minimum Gasteiger partial charge on any atom is -0.756 e. The summed E-state index contributed by atoms with van der Waals surface area (Å²) >= 11 is 0. The fourth-order valence-corrected chi connectivity index (χ4v) is 11.6. The molecule has 2 atom stereocenters. The van der Waals surface area contributed by atoms with Gasteiger partial charge in [0.2, 0.25) is 0 Å². The molecular formula is C76H142NO8P. The highest BCUT2D eigenvalue weighted by atomic mass is 31.2. The van der Waals surface area contributed by atoms with Crippen molar-refractivity contribution in [1.29, 1.82) is 0 Å². The molecule has 0 heterocycles. The third kappa shape index (κ3) is 70.8. The Kier molecular flexibility index (Phi) is 65.3. The Labute approximate surface area is 534 Å². The van der Waals surface area contributed by atoms with Gasteiger partial charge in [0.05, 0.1) is 27.7 Å². The Morgan fingerprint density at radius 3 is 1.00 bits per heavy atom. The number of allylic oxidation sites excluding steroid dienone is 10. The molecule has 0 bridgehead atoms. The summed E-state index contributed by atoms with van der Waals surface area (Å²) in [4.78, 5) is 38.1. The molecule has 504 valence electrons. The average molecular weight is 1230 g/mol. The van der Waals surface area contributed by atoms with Crippen molar-refractivity contribution in [3.63, 3.8) is 0 Å². The lowest BCUT2D eigenvalue weighted by molar-refractivity contribution is -0.870. The Balaban J connectivity index is 3.95. The zero-order valence-corrected chi connectivity index (χ0v) is 58.4. The lowest BCUT2D eigenvalue weighted by Crippen LogP contribution is -2.37. The fraction of sp³-hybridized carbons (Fsp3) is 0.842. The molecule has 0 amide bonds. The molecule has 9 nitrogen and oxygen atoms in total. The molecule has 2 unspecified atom stereocenters. The first-order chi connectivity index (χ1) is 42.0. The number of phosphoric ester groups is 1. The van der Waals surface area contributed by atoms with Crippen molar-refractivity contribution < 1.29 is 42.1 Å². The number of likely N-dealkylation sites (N-methyl/N-ethyl adjacent to an activating group) is 1. The second-order valence-electron chi connectivity index (χ2n) is 26.3. The minimum atomic E-state index is -4.64. The van der Waals surface area contributed by atoms with Crippen LogP contribution in [0.15, 0.2) is 60.8 Å². The number of rotatable bonds is 69. The summed E-state index contributed by atoms with van der Waals surface area (Å²) in [6.45, 7) is 4.18. The third-order valence-electron chi connectivity index (χ3n) is 16.5. The van der Waals surface area contributed by atoms with Crippen molar-refractivity contribution >= 4 is 19.8 Å². The molecule has 0 fully saturated rings. The van der Waals surface area contributed by atoms with Crippen LogP contribution in [-0.2, 0) is 32.7 Å². The Morgan fingerprint density at radius 2 is 0.663 bits per heavy atom.